The molecule has 0 unspecified atom stereocenters. The van der Waals surface area contributed by atoms with Crippen LogP contribution in [0.3, 0.4) is 0 Å². The third-order valence-electron chi connectivity index (χ3n) is 3.44. The minimum Gasteiger partial charge on any atom is -0.347 e. The van der Waals surface area contributed by atoms with Crippen LogP contribution in [0.5, 0.6) is 0 Å². The first kappa shape index (κ1) is 12.7. The van der Waals surface area contributed by atoms with Gasteiger partial charge in [0.15, 0.2) is 0 Å². The monoisotopic (exact) mass is 240 g/mol. The fourth-order valence-electron chi connectivity index (χ4n) is 2.40. The Labute approximate surface area is 109 Å². The summed E-state index contributed by atoms with van der Waals surface area (Å²) < 4.78 is 2.27. The number of nitrogens with zero attached hydrogens (tertiary/aromatic N) is 2. The van der Waals surface area contributed by atoms with E-state index in [1.807, 2.05) is 12.1 Å². The zero-order valence-corrected chi connectivity index (χ0v) is 11.0. The fourth-order valence-corrected chi connectivity index (χ4v) is 2.40. The molecule has 18 heavy (non-hydrogen) atoms. The lowest BCUT2D eigenvalue weighted by Crippen LogP contribution is -1.96. The van der Waals surface area contributed by atoms with Crippen LogP contribution in [0.1, 0.15) is 44.6 Å². The summed E-state index contributed by atoms with van der Waals surface area (Å²) in [6, 6.07) is 10.3. The van der Waals surface area contributed by atoms with Crippen LogP contribution in [-0.2, 0) is 6.54 Å². The Morgan fingerprint density at radius 2 is 1.94 bits per heavy atom. The smallest absolute Gasteiger partial charge is 0.0998 e. The van der Waals surface area contributed by atoms with E-state index in [9.17, 15) is 0 Å². The van der Waals surface area contributed by atoms with Gasteiger partial charge in [-0.1, -0.05) is 38.7 Å². The second kappa shape index (κ2) is 6.26. The van der Waals surface area contributed by atoms with Crippen LogP contribution >= 0.6 is 0 Å². The second-order valence-corrected chi connectivity index (χ2v) is 4.77. The van der Waals surface area contributed by atoms with Crippen LogP contribution in [0.15, 0.2) is 30.5 Å². The van der Waals surface area contributed by atoms with Crippen molar-refractivity contribution in [3.63, 3.8) is 0 Å². The van der Waals surface area contributed by atoms with Gasteiger partial charge in [0.25, 0.3) is 0 Å². The molecule has 0 fully saturated rings. The molecule has 2 aromatic rings. The van der Waals surface area contributed by atoms with E-state index in [2.05, 4.69) is 35.9 Å². The average Bonchev–Trinajstić information content (AvgIpc) is 2.82. The Morgan fingerprint density at radius 1 is 1.11 bits per heavy atom. The average molecular weight is 240 g/mol. The van der Waals surface area contributed by atoms with Crippen molar-refractivity contribution in [1.82, 2.24) is 4.57 Å². The van der Waals surface area contributed by atoms with Crippen molar-refractivity contribution in [2.45, 2.75) is 45.6 Å². The molecule has 0 aliphatic heterocycles. The molecule has 2 heteroatoms. The molecule has 0 aliphatic rings. The van der Waals surface area contributed by atoms with Gasteiger partial charge in [0.2, 0.25) is 0 Å². The quantitative estimate of drug-likeness (QED) is 0.684. The van der Waals surface area contributed by atoms with Gasteiger partial charge >= 0.3 is 0 Å². The van der Waals surface area contributed by atoms with Crippen LogP contribution < -0.4 is 0 Å². The maximum atomic E-state index is 9.06. The molecule has 0 bridgehead atoms. The lowest BCUT2D eigenvalue weighted by atomic mass is 10.1. The predicted molar refractivity (Wildman–Crippen MR) is 75.4 cm³/mol. The molecule has 94 valence electrons. The van der Waals surface area contributed by atoms with Crippen molar-refractivity contribution < 1.29 is 0 Å². The number of rotatable bonds is 6. The minimum atomic E-state index is 0.775. The largest absolute Gasteiger partial charge is 0.347 e. The Bertz CT molecular complexity index is 546. The fraction of sp³-hybridized carbons (Fsp3) is 0.438. The molecule has 0 spiro atoms. The van der Waals surface area contributed by atoms with Gasteiger partial charge < -0.3 is 4.57 Å². The molecule has 0 saturated heterocycles. The van der Waals surface area contributed by atoms with Crippen molar-refractivity contribution in [3.8, 4) is 6.07 Å². The van der Waals surface area contributed by atoms with Gasteiger partial charge in [-0.3, -0.25) is 0 Å². The third-order valence-corrected chi connectivity index (χ3v) is 3.44. The highest BCUT2D eigenvalue weighted by Gasteiger charge is 2.04. The van der Waals surface area contributed by atoms with E-state index >= 15 is 0 Å². The highest BCUT2D eigenvalue weighted by Crippen LogP contribution is 2.20. The number of aromatic nitrogens is 1. The number of unbranched alkanes of at least 4 members (excludes halogenated alkanes) is 4. The Hall–Kier alpha value is -1.75. The molecule has 2 nitrogen and oxygen atoms in total. The summed E-state index contributed by atoms with van der Waals surface area (Å²) in [5.74, 6) is 0. The zero-order chi connectivity index (χ0) is 12.8. The first-order valence-electron chi connectivity index (χ1n) is 6.84. The topological polar surface area (TPSA) is 28.7 Å². The number of benzene rings is 1. The molecule has 2 rings (SSSR count). The third kappa shape index (κ3) is 2.73. The normalized spacial score (nSPS) is 10.7. The van der Waals surface area contributed by atoms with E-state index in [0.29, 0.717) is 0 Å². The molecule has 1 aromatic heterocycles. The van der Waals surface area contributed by atoms with Crippen LogP contribution in [0.25, 0.3) is 10.9 Å². The lowest BCUT2D eigenvalue weighted by Gasteiger charge is -2.05. The van der Waals surface area contributed by atoms with Crippen LogP contribution in [0.4, 0.5) is 0 Å². The standard InChI is InChI=1S/C16H20N2/c1-2-3-4-5-6-11-18-12-10-15-14(13-17)8-7-9-16(15)18/h7-10,12H,2-6,11H2,1H3. The summed E-state index contributed by atoms with van der Waals surface area (Å²) in [7, 11) is 0. The van der Waals surface area contributed by atoms with Crippen molar-refractivity contribution >= 4 is 10.9 Å². The molecule has 1 aromatic carbocycles. The van der Waals surface area contributed by atoms with E-state index < -0.39 is 0 Å². The van der Waals surface area contributed by atoms with Gasteiger partial charge in [-0.15, -0.1) is 0 Å². The summed E-state index contributed by atoms with van der Waals surface area (Å²) >= 11 is 0. The maximum absolute atomic E-state index is 9.06. The summed E-state index contributed by atoms with van der Waals surface area (Å²) in [5, 5.41) is 10.1. The van der Waals surface area contributed by atoms with Crippen LogP contribution in [0, 0.1) is 11.3 Å². The Kier molecular flexibility index (Phi) is 4.41. The highest BCUT2D eigenvalue weighted by atomic mass is 14.9. The van der Waals surface area contributed by atoms with E-state index in [-0.39, 0.29) is 0 Å². The summed E-state index contributed by atoms with van der Waals surface area (Å²) in [4.78, 5) is 0. The van der Waals surface area contributed by atoms with Crippen molar-refractivity contribution in [1.29, 1.82) is 5.26 Å². The minimum absolute atomic E-state index is 0.775. The molecule has 0 radical (unpaired) electrons. The summed E-state index contributed by atoms with van der Waals surface area (Å²) in [6.45, 7) is 3.30. The van der Waals surface area contributed by atoms with Gasteiger partial charge in [-0.2, -0.15) is 5.26 Å². The van der Waals surface area contributed by atoms with Gasteiger partial charge in [-0.25, -0.2) is 0 Å². The van der Waals surface area contributed by atoms with Crippen molar-refractivity contribution in [2.24, 2.45) is 0 Å². The molecule has 0 atom stereocenters. The first-order chi connectivity index (χ1) is 8.86. The Morgan fingerprint density at radius 3 is 2.72 bits per heavy atom. The lowest BCUT2D eigenvalue weighted by molar-refractivity contribution is 0.577. The molecule has 0 aliphatic carbocycles. The number of hydrogen-bond acceptors (Lipinski definition) is 1. The van der Waals surface area contributed by atoms with E-state index in [0.717, 1.165) is 17.5 Å². The first-order valence-corrected chi connectivity index (χ1v) is 6.84. The number of aryl methyl sites for hydroxylation is 1. The van der Waals surface area contributed by atoms with Gasteiger partial charge in [0, 0.05) is 23.6 Å². The second-order valence-electron chi connectivity index (χ2n) is 4.77. The number of fused-ring (bicyclic) bond motifs is 1. The number of nitriles is 1. The van der Waals surface area contributed by atoms with Gasteiger partial charge in [-0.05, 0) is 24.6 Å². The molecular weight excluding hydrogens is 220 g/mol. The zero-order valence-electron chi connectivity index (χ0n) is 11.0. The molecule has 0 N–H and O–H groups in total. The highest BCUT2D eigenvalue weighted by molar-refractivity contribution is 5.85. The Balaban J connectivity index is 2.04. The molecule has 0 amide bonds. The molecule has 1 heterocycles. The van der Waals surface area contributed by atoms with E-state index in [4.69, 9.17) is 5.26 Å². The summed E-state index contributed by atoms with van der Waals surface area (Å²) in [5.41, 5.74) is 1.96. The van der Waals surface area contributed by atoms with Gasteiger partial charge in [0.05, 0.1) is 11.6 Å². The summed E-state index contributed by atoms with van der Waals surface area (Å²) in [6.07, 6.45) is 8.58. The maximum Gasteiger partial charge on any atom is 0.0998 e. The van der Waals surface area contributed by atoms with Crippen LogP contribution in [-0.4, -0.2) is 4.57 Å². The SMILES string of the molecule is CCCCCCCn1ccc2c(C#N)cccc21. The van der Waals surface area contributed by atoms with Crippen molar-refractivity contribution in [2.75, 3.05) is 0 Å². The van der Waals surface area contributed by atoms with Crippen molar-refractivity contribution in [3.05, 3.63) is 36.0 Å². The van der Waals surface area contributed by atoms with E-state index in [1.165, 1.54) is 37.6 Å². The van der Waals surface area contributed by atoms with Gasteiger partial charge in [0.1, 0.15) is 0 Å². The predicted octanol–water partition coefficient (Wildman–Crippen LogP) is 4.48. The number of hydrogen-bond donors (Lipinski definition) is 0. The molecule has 0 saturated carbocycles. The molecular formula is C16H20N2. The van der Waals surface area contributed by atoms with Crippen LogP contribution in [0.2, 0.25) is 0 Å². The van der Waals surface area contributed by atoms with E-state index in [1.54, 1.807) is 0 Å².